The topological polar surface area (TPSA) is 100 Å². The molecular formula is C14H17FN4O3. The Hall–Kier alpha value is -2.48. The van der Waals surface area contributed by atoms with E-state index in [9.17, 15) is 9.18 Å². The largest absolute Gasteiger partial charge is 0.396 e. The molecule has 0 aliphatic carbocycles. The van der Waals surface area contributed by atoms with Crippen molar-refractivity contribution >= 4 is 6.03 Å². The quantitative estimate of drug-likeness (QED) is 0.698. The van der Waals surface area contributed by atoms with Gasteiger partial charge in [-0.05, 0) is 12.5 Å². The Kier molecular flexibility index (Phi) is 5.42. The predicted molar refractivity (Wildman–Crippen MR) is 75.5 cm³/mol. The second-order valence-electron chi connectivity index (χ2n) is 4.60. The number of halogens is 1. The highest BCUT2D eigenvalue weighted by Gasteiger charge is 2.24. The third-order valence-corrected chi connectivity index (χ3v) is 2.91. The molecule has 1 aromatic heterocycles. The van der Waals surface area contributed by atoms with Gasteiger partial charge in [-0.15, -0.1) is 0 Å². The fourth-order valence-electron chi connectivity index (χ4n) is 1.89. The van der Waals surface area contributed by atoms with Crippen LogP contribution in [-0.4, -0.2) is 34.4 Å². The fourth-order valence-corrected chi connectivity index (χ4v) is 1.89. The van der Waals surface area contributed by atoms with E-state index >= 15 is 0 Å². The maximum absolute atomic E-state index is 14.0. The van der Waals surface area contributed by atoms with Crippen LogP contribution in [0.25, 0.3) is 0 Å². The average Bonchev–Trinajstić information content (AvgIpc) is 2.92. The summed E-state index contributed by atoms with van der Waals surface area (Å²) in [5.41, 5.74) is 0.237. The minimum atomic E-state index is -0.868. The van der Waals surface area contributed by atoms with Crippen LogP contribution in [-0.2, 0) is 0 Å². The van der Waals surface area contributed by atoms with E-state index < -0.39 is 17.9 Å². The van der Waals surface area contributed by atoms with Crippen LogP contribution in [0.15, 0.2) is 28.8 Å². The zero-order valence-corrected chi connectivity index (χ0v) is 12.0. The molecule has 0 fully saturated rings. The van der Waals surface area contributed by atoms with Gasteiger partial charge >= 0.3 is 6.03 Å². The molecule has 0 spiro atoms. The van der Waals surface area contributed by atoms with Crippen molar-refractivity contribution in [1.82, 2.24) is 20.8 Å². The van der Waals surface area contributed by atoms with E-state index in [0.29, 0.717) is 18.9 Å². The van der Waals surface area contributed by atoms with Crippen LogP contribution in [0.3, 0.4) is 0 Å². The number of nitrogens with one attached hydrogen (secondary N) is 2. The van der Waals surface area contributed by atoms with Crippen molar-refractivity contribution in [3.8, 4) is 0 Å². The Morgan fingerprint density at radius 2 is 2.23 bits per heavy atom. The summed E-state index contributed by atoms with van der Waals surface area (Å²) < 4.78 is 18.9. The lowest BCUT2D eigenvalue weighted by Gasteiger charge is -2.17. The van der Waals surface area contributed by atoms with Crippen LogP contribution in [0.5, 0.6) is 0 Å². The molecule has 0 bridgehead atoms. The van der Waals surface area contributed by atoms with Crippen LogP contribution in [0.2, 0.25) is 0 Å². The number of amides is 2. The van der Waals surface area contributed by atoms with Crippen molar-refractivity contribution in [1.29, 1.82) is 0 Å². The van der Waals surface area contributed by atoms with Gasteiger partial charge in [-0.2, -0.15) is 4.98 Å². The minimum Gasteiger partial charge on any atom is -0.396 e. The summed E-state index contributed by atoms with van der Waals surface area (Å²) in [4.78, 5) is 15.9. The number of nitrogens with zero attached hydrogens (tertiary/aromatic N) is 2. The molecule has 1 unspecified atom stereocenters. The molecule has 0 aliphatic rings. The van der Waals surface area contributed by atoms with E-state index in [-0.39, 0.29) is 18.0 Å². The summed E-state index contributed by atoms with van der Waals surface area (Å²) in [5.74, 6) is 0.00403. The first kappa shape index (κ1) is 15.9. The number of aliphatic hydroxyl groups excluding tert-OH is 1. The standard InChI is InChI=1S/C14H17FN4O3/c1-9-17-13(19-22-9)12(10-5-2-3-6-11(10)15)18-14(21)16-7-4-8-20/h2-3,5-6,12,20H,4,7-8H2,1H3,(H2,16,18,21). The summed E-state index contributed by atoms with van der Waals surface area (Å²) in [6, 6.07) is 4.67. The number of carbonyl (C=O) groups is 1. The maximum atomic E-state index is 14.0. The fraction of sp³-hybridized carbons (Fsp3) is 0.357. The molecule has 2 aromatic rings. The lowest BCUT2D eigenvalue weighted by atomic mass is 10.1. The molecular weight excluding hydrogens is 291 g/mol. The third kappa shape index (κ3) is 4.01. The summed E-state index contributed by atoms with van der Waals surface area (Å²) >= 11 is 0. The Morgan fingerprint density at radius 1 is 1.45 bits per heavy atom. The zero-order valence-electron chi connectivity index (χ0n) is 12.0. The molecule has 22 heavy (non-hydrogen) atoms. The van der Waals surface area contributed by atoms with Crippen molar-refractivity contribution in [3.63, 3.8) is 0 Å². The lowest BCUT2D eigenvalue weighted by molar-refractivity contribution is 0.235. The van der Waals surface area contributed by atoms with Crippen molar-refractivity contribution in [3.05, 3.63) is 47.4 Å². The minimum absolute atomic E-state index is 0.0267. The predicted octanol–water partition coefficient (Wildman–Crippen LogP) is 1.29. The normalized spacial score (nSPS) is 12.0. The SMILES string of the molecule is Cc1nc(C(NC(=O)NCCCO)c2ccccc2F)no1. The van der Waals surface area contributed by atoms with Crippen molar-refractivity contribution in [2.45, 2.75) is 19.4 Å². The highest BCUT2D eigenvalue weighted by atomic mass is 19.1. The molecule has 1 aromatic carbocycles. The van der Waals surface area contributed by atoms with Crippen molar-refractivity contribution < 1.29 is 18.8 Å². The van der Waals surface area contributed by atoms with Crippen LogP contribution in [0, 0.1) is 12.7 Å². The van der Waals surface area contributed by atoms with E-state index in [2.05, 4.69) is 20.8 Å². The highest BCUT2D eigenvalue weighted by molar-refractivity contribution is 5.74. The van der Waals surface area contributed by atoms with Crippen molar-refractivity contribution in [2.24, 2.45) is 0 Å². The number of hydrogen-bond acceptors (Lipinski definition) is 5. The molecule has 1 heterocycles. The molecule has 2 rings (SSSR count). The van der Waals surface area contributed by atoms with E-state index in [4.69, 9.17) is 9.63 Å². The third-order valence-electron chi connectivity index (χ3n) is 2.91. The number of benzene rings is 1. The van der Waals surface area contributed by atoms with Gasteiger partial charge in [0, 0.05) is 25.6 Å². The first-order chi connectivity index (χ1) is 10.6. The molecule has 1 atom stereocenters. The molecule has 0 aliphatic heterocycles. The Morgan fingerprint density at radius 3 is 2.86 bits per heavy atom. The summed E-state index contributed by atoms with van der Waals surface area (Å²) in [5, 5.41) is 17.6. The molecule has 0 saturated heterocycles. The number of rotatable bonds is 6. The first-order valence-corrected chi connectivity index (χ1v) is 6.81. The van der Waals surface area contributed by atoms with E-state index in [0.717, 1.165) is 0 Å². The average molecular weight is 308 g/mol. The van der Waals surface area contributed by atoms with Gasteiger partial charge in [0.15, 0.2) is 5.82 Å². The molecule has 7 nitrogen and oxygen atoms in total. The molecule has 0 saturated carbocycles. The highest BCUT2D eigenvalue weighted by Crippen LogP contribution is 2.22. The van der Waals surface area contributed by atoms with Gasteiger partial charge in [0.1, 0.15) is 11.9 Å². The number of aromatic nitrogens is 2. The molecule has 118 valence electrons. The number of aliphatic hydroxyl groups is 1. The van der Waals surface area contributed by atoms with Gasteiger partial charge in [-0.3, -0.25) is 0 Å². The number of carbonyl (C=O) groups excluding carboxylic acids is 1. The van der Waals surface area contributed by atoms with Crippen LogP contribution in [0.4, 0.5) is 9.18 Å². The van der Waals surface area contributed by atoms with Gasteiger partial charge in [0.25, 0.3) is 0 Å². The Bertz CT molecular complexity index is 632. The monoisotopic (exact) mass is 308 g/mol. The van der Waals surface area contributed by atoms with Gasteiger partial charge in [-0.25, -0.2) is 9.18 Å². The van der Waals surface area contributed by atoms with Gasteiger partial charge < -0.3 is 20.3 Å². The van der Waals surface area contributed by atoms with E-state index in [1.807, 2.05) is 0 Å². The van der Waals surface area contributed by atoms with Crippen LogP contribution < -0.4 is 10.6 Å². The molecule has 2 amide bonds. The Balaban J connectivity index is 2.19. The Labute approximate surface area is 126 Å². The van der Waals surface area contributed by atoms with Crippen molar-refractivity contribution in [2.75, 3.05) is 13.2 Å². The summed E-state index contributed by atoms with van der Waals surface area (Å²) in [6.45, 7) is 1.88. The maximum Gasteiger partial charge on any atom is 0.315 e. The summed E-state index contributed by atoms with van der Waals surface area (Å²) in [7, 11) is 0. The van der Waals surface area contributed by atoms with Gasteiger partial charge in [0.05, 0.1) is 0 Å². The number of urea groups is 1. The van der Waals surface area contributed by atoms with Gasteiger partial charge in [0.2, 0.25) is 5.89 Å². The van der Waals surface area contributed by atoms with Crippen LogP contribution >= 0.6 is 0 Å². The molecule has 8 heteroatoms. The van der Waals surface area contributed by atoms with Gasteiger partial charge in [-0.1, -0.05) is 23.4 Å². The molecule has 3 N–H and O–H groups in total. The number of hydrogen-bond donors (Lipinski definition) is 3. The second-order valence-corrected chi connectivity index (χ2v) is 4.60. The second kappa shape index (κ2) is 7.51. The molecule has 0 radical (unpaired) electrons. The number of aryl methyl sites for hydroxylation is 1. The first-order valence-electron chi connectivity index (χ1n) is 6.81. The van der Waals surface area contributed by atoms with E-state index in [1.54, 1.807) is 25.1 Å². The summed E-state index contributed by atoms with van der Waals surface area (Å²) in [6.07, 6.45) is 0.430. The smallest absolute Gasteiger partial charge is 0.315 e. The lowest BCUT2D eigenvalue weighted by Crippen LogP contribution is -2.39. The van der Waals surface area contributed by atoms with Crippen LogP contribution in [0.1, 0.15) is 29.7 Å². The van der Waals surface area contributed by atoms with E-state index in [1.165, 1.54) is 6.07 Å². The zero-order chi connectivity index (χ0) is 15.9.